The van der Waals surface area contributed by atoms with Crippen LogP contribution in [0.3, 0.4) is 0 Å². The monoisotopic (exact) mass is 258 g/mol. The van der Waals surface area contributed by atoms with Crippen molar-refractivity contribution in [2.75, 3.05) is 5.73 Å². The molecule has 19 heavy (non-hydrogen) atoms. The molecule has 2 heterocycles. The van der Waals surface area contributed by atoms with E-state index in [1.807, 2.05) is 13.0 Å². The highest BCUT2D eigenvalue weighted by molar-refractivity contribution is 5.60. The fourth-order valence-corrected chi connectivity index (χ4v) is 2.76. The third-order valence-corrected chi connectivity index (χ3v) is 4.02. The molecule has 2 aromatic rings. The van der Waals surface area contributed by atoms with Crippen LogP contribution in [0, 0.1) is 6.92 Å². The molecule has 0 bridgehead atoms. The van der Waals surface area contributed by atoms with Crippen molar-refractivity contribution in [3.05, 3.63) is 23.7 Å². The average Bonchev–Trinajstić information content (AvgIpc) is 2.99. The Labute approximate surface area is 112 Å². The van der Waals surface area contributed by atoms with Gasteiger partial charge in [0, 0.05) is 17.2 Å². The van der Waals surface area contributed by atoms with Gasteiger partial charge in [-0.2, -0.15) is 4.98 Å². The summed E-state index contributed by atoms with van der Waals surface area (Å²) in [5, 5.41) is 4.10. The maximum absolute atomic E-state index is 5.66. The Morgan fingerprint density at radius 2 is 2.05 bits per heavy atom. The van der Waals surface area contributed by atoms with Crippen molar-refractivity contribution in [2.24, 2.45) is 0 Å². The van der Waals surface area contributed by atoms with Crippen LogP contribution in [0.2, 0.25) is 0 Å². The largest absolute Gasteiger partial charge is 0.384 e. The van der Waals surface area contributed by atoms with E-state index in [2.05, 4.69) is 22.0 Å². The minimum atomic E-state index is 0.0421. The SMILES string of the molecule is Cc1cc(N)ncc1-c1noc(C2(C)CCCC2)n1. The normalized spacial score (nSPS) is 17.8. The van der Waals surface area contributed by atoms with Crippen LogP contribution in [0.4, 0.5) is 5.82 Å². The highest BCUT2D eigenvalue weighted by Crippen LogP contribution is 2.40. The summed E-state index contributed by atoms with van der Waals surface area (Å²) in [6, 6.07) is 1.82. The summed E-state index contributed by atoms with van der Waals surface area (Å²) >= 11 is 0. The molecule has 1 saturated carbocycles. The predicted octanol–water partition coefficient (Wildman–Crippen LogP) is 2.85. The molecule has 1 aliphatic carbocycles. The Bertz CT molecular complexity index is 599. The molecule has 5 heteroatoms. The Morgan fingerprint density at radius 1 is 1.32 bits per heavy atom. The van der Waals surface area contributed by atoms with Crippen LogP contribution < -0.4 is 5.73 Å². The van der Waals surface area contributed by atoms with E-state index in [1.54, 1.807) is 6.20 Å². The Morgan fingerprint density at radius 3 is 2.74 bits per heavy atom. The van der Waals surface area contributed by atoms with Gasteiger partial charge in [0.25, 0.3) is 0 Å². The highest BCUT2D eigenvalue weighted by Gasteiger charge is 2.36. The number of anilines is 1. The van der Waals surface area contributed by atoms with Gasteiger partial charge in [-0.05, 0) is 31.4 Å². The molecule has 1 fully saturated rings. The molecule has 0 aromatic carbocycles. The van der Waals surface area contributed by atoms with E-state index in [9.17, 15) is 0 Å². The third kappa shape index (κ3) is 2.09. The summed E-state index contributed by atoms with van der Waals surface area (Å²) in [5.74, 6) is 1.86. The molecular weight excluding hydrogens is 240 g/mol. The summed E-state index contributed by atoms with van der Waals surface area (Å²) in [6.07, 6.45) is 6.41. The van der Waals surface area contributed by atoms with Crippen LogP contribution >= 0.6 is 0 Å². The number of nitrogen functional groups attached to an aromatic ring is 1. The first-order valence-electron chi connectivity index (χ1n) is 6.65. The van der Waals surface area contributed by atoms with Crippen molar-refractivity contribution >= 4 is 5.82 Å². The summed E-state index contributed by atoms with van der Waals surface area (Å²) < 4.78 is 5.47. The molecule has 2 aromatic heterocycles. The van der Waals surface area contributed by atoms with Crippen molar-refractivity contribution in [2.45, 2.75) is 44.9 Å². The first-order chi connectivity index (χ1) is 9.08. The first-order valence-corrected chi connectivity index (χ1v) is 6.65. The van der Waals surface area contributed by atoms with Crippen molar-refractivity contribution in [1.82, 2.24) is 15.1 Å². The molecule has 1 aliphatic rings. The summed E-state index contributed by atoms with van der Waals surface area (Å²) in [5.41, 5.74) is 7.59. The van der Waals surface area contributed by atoms with Gasteiger partial charge in [0.15, 0.2) is 0 Å². The van der Waals surface area contributed by atoms with Gasteiger partial charge in [0.05, 0.1) is 0 Å². The molecule has 100 valence electrons. The molecule has 2 N–H and O–H groups in total. The number of pyridine rings is 1. The number of nitrogens with zero attached hydrogens (tertiary/aromatic N) is 3. The van der Waals surface area contributed by atoms with Gasteiger partial charge in [0.2, 0.25) is 11.7 Å². The van der Waals surface area contributed by atoms with Gasteiger partial charge in [0.1, 0.15) is 5.82 Å². The van der Waals surface area contributed by atoms with E-state index in [-0.39, 0.29) is 5.41 Å². The van der Waals surface area contributed by atoms with Gasteiger partial charge in [-0.3, -0.25) is 0 Å². The smallest absolute Gasteiger partial charge is 0.232 e. The molecule has 0 unspecified atom stereocenters. The minimum Gasteiger partial charge on any atom is -0.384 e. The van der Waals surface area contributed by atoms with Crippen molar-refractivity contribution in [3.63, 3.8) is 0 Å². The molecule has 3 rings (SSSR count). The molecule has 0 aliphatic heterocycles. The summed E-state index contributed by atoms with van der Waals surface area (Å²) in [6.45, 7) is 4.17. The average molecular weight is 258 g/mol. The molecule has 0 amide bonds. The van der Waals surface area contributed by atoms with E-state index in [4.69, 9.17) is 10.3 Å². The zero-order valence-electron chi connectivity index (χ0n) is 11.3. The summed E-state index contributed by atoms with van der Waals surface area (Å²) in [4.78, 5) is 8.66. The molecule has 0 spiro atoms. The number of rotatable bonds is 2. The fraction of sp³-hybridized carbons (Fsp3) is 0.500. The summed E-state index contributed by atoms with van der Waals surface area (Å²) in [7, 11) is 0. The van der Waals surface area contributed by atoms with Crippen molar-refractivity contribution in [3.8, 4) is 11.4 Å². The lowest BCUT2D eigenvalue weighted by Crippen LogP contribution is -2.17. The second-order valence-electron chi connectivity index (χ2n) is 5.61. The fourth-order valence-electron chi connectivity index (χ4n) is 2.76. The lowest BCUT2D eigenvalue weighted by atomic mass is 9.89. The van der Waals surface area contributed by atoms with Crippen LogP contribution in [0.15, 0.2) is 16.8 Å². The van der Waals surface area contributed by atoms with Gasteiger partial charge in [-0.25, -0.2) is 4.98 Å². The standard InChI is InChI=1S/C14H18N4O/c1-9-7-11(15)16-8-10(9)12-17-13(19-18-12)14(2)5-3-4-6-14/h7-8H,3-6H2,1-2H3,(H2,15,16). The van der Waals surface area contributed by atoms with Gasteiger partial charge in [-0.15, -0.1) is 0 Å². The van der Waals surface area contributed by atoms with Crippen LogP contribution in [0.5, 0.6) is 0 Å². The number of hydrogen-bond donors (Lipinski definition) is 1. The Balaban J connectivity index is 1.97. The van der Waals surface area contributed by atoms with E-state index in [0.717, 1.165) is 29.9 Å². The van der Waals surface area contributed by atoms with Crippen LogP contribution in [-0.4, -0.2) is 15.1 Å². The van der Waals surface area contributed by atoms with Crippen molar-refractivity contribution < 1.29 is 4.52 Å². The maximum Gasteiger partial charge on any atom is 0.232 e. The number of aromatic nitrogens is 3. The number of nitrogens with two attached hydrogens (primary N) is 1. The maximum atomic E-state index is 5.66. The minimum absolute atomic E-state index is 0.0421. The zero-order chi connectivity index (χ0) is 13.5. The Hall–Kier alpha value is -1.91. The Kier molecular flexibility index (Phi) is 2.77. The third-order valence-electron chi connectivity index (χ3n) is 4.02. The van der Waals surface area contributed by atoms with E-state index < -0.39 is 0 Å². The zero-order valence-corrected chi connectivity index (χ0v) is 11.3. The molecule has 0 radical (unpaired) electrons. The van der Waals surface area contributed by atoms with Crippen molar-refractivity contribution in [1.29, 1.82) is 0 Å². The molecular formula is C14H18N4O. The van der Waals surface area contributed by atoms with E-state index >= 15 is 0 Å². The van der Waals surface area contributed by atoms with Gasteiger partial charge in [-0.1, -0.05) is 24.9 Å². The lowest BCUT2D eigenvalue weighted by molar-refractivity contribution is 0.296. The topological polar surface area (TPSA) is 77.8 Å². The second-order valence-corrected chi connectivity index (χ2v) is 5.61. The second kappa shape index (κ2) is 4.33. The highest BCUT2D eigenvalue weighted by atomic mass is 16.5. The van der Waals surface area contributed by atoms with E-state index in [1.165, 1.54) is 12.8 Å². The van der Waals surface area contributed by atoms with Gasteiger partial charge >= 0.3 is 0 Å². The number of aryl methyl sites for hydroxylation is 1. The molecule has 5 nitrogen and oxygen atoms in total. The predicted molar refractivity (Wildman–Crippen MR) is 72.5 cm³/mol. The van der Waals surface area contributed by atoms with Crippen LogP contribution in [-0.2, 0) is 5.41 Å². The van der Waals surface area contributed by atoms with Crippen LogP contribution in [0.1, 0.15) is 44.1 Å². The van der Waals surface area contributed by atoms with Gasteiger partial charge < -0.3 is 10.3 Å². The lowest BCUT2D eigenvalue weighted by Gasteiger charge is -2.16. The quantitative estimate of drug-likeness (QED) is 0.896. The number of hydrogen-bond acceptors (Lipinski definition) is 5. The molecule has 0 saturated heterocycles. The van der Waals surface area contributed by atoms with E-state index in [0.29, 0.717) is 11.6 Å². The first kappa shape index (κ1) is 12.1. The molecule has 0 atom stereocenters. The van der Waals surface area contributed by atoms with Crippen LogP contribution in [0.25, 0.3) is 11.4 Å².